The van der Waals surface area contributed by atoms with Crippen LogP contribution in [-0.2, 0) is 66.4 Å². The number of ether oxygens (including phenoxy) is 14. The van der Waals surface area contributed by atoms with E-state index in [0.717, 1.165) is 0 Å². The number of cyclic esters (lactones) is 1. The molecule has 135 heavy (non-hydrogen) atoms. The zero-order valence-electron chi connectivity index (χ0n) is 66.2. The summed E-state index contributed by atoms with van der Waals surface area (Å²) in [4.78, 5) is 164. The van der Waals surface area contributed by atoms with Crippen LogP contribution in [0.1, 0.15) is 105 Å². The van der Waals surface area contributed by atoms with Crippen molar-refractivity contribution in [3.63, 3.8) is 0 Å². The van der Waals surface area contributed by atoms with Crippen molar-refractivity contribution in [3.05, 3.63) is 152 Å². The van der Waals surface area contributed by atoms with Crippen LogP contribution in [0.15, 0.2) is 96.6 Å². The molecule has 6 bridgehead atoms. The maximum absolute atomic E-state index is 15.9. The highest BCUT2D eigenvalue weighted by atomic mass is 16.8. The van der Waals surface area contributed by atoms with Gasteiger partial charge in [-0.25, -0.2) is 47.9 Å². The van der Waals surface area contributed by atoms with Crippen molar-refractivity contribution in [3.8, 4) is 172 Å². The average Bonchev–Trinajstić information content (AvgIpc) is 1.49. The average molecular weight is 1890 g/mol. The first-order valence-electron chi connectivity index (χ1n) is 37.5. The number of ketones is 1. The van der Waals surface area contributed by atoms with Crippen LogP contribution >= 0.6 is 0 Å². The molecule has 0 spiro atoms. The van der Waals surface area contributed by atoms with Gasteiger partial charge in [-0.3, -0.25) is 4.79 Å². The van der Waals surface area contributed by atoms with E-state index in [0.29, 0.717) is 60.7 Å². The zero-order valence-corrected chi connectivity index (χ0v) is 66.2. The van der Waals surface area contributed by atoms with E-state index < -0.39 is 391 Å². The SMILES string of the molecule is O=C1O[C@H]2[C@@H]3OC(=O)c4cc(O)c(O)c(O)c4-c4c(cc(O)c(O)c4Oc4c(C(=O)O[C@H]5[C@H](OC(=O)c6cc(O)c(O)c(O)c6)O[C@H](COC(=O)c6cc(O)c(O)c(O)c6)[C@@H](OC(=O)c6cc(O)c(O)c(O)c6)[C@@H]5OC(=O)c5cc(O)c(O)c(O)c5)cc(O)c(O)c4O)C(=O)OC[C@H]2O[C@@H](OC(=O)c2cc(O)c(O)c(O)c2)[C@@H]3OC(=O)c2cc(O)c(O)c3c2[C@@H]2C1=CC(=O)[C@](O)(O3)C2(O)O. The first-order valence-corrected chi connectivity index (χ1v) is 37.5. The smallest absolute Gasteiger partial charge is 0.342 e. The van der Waals surface area contributed by atoms with Gasteiger partial charge in [-0.1, -0.05) is 0 Å². The summed E-state index contributed by atoms with van der Waals surface area (Å²) in [5, 5.41) is 308. The van der Waals surface area contributed by atoms with Gasteiger partial charge in [-0.15, -0.1) is 0 Å². The molecule has 0 aromatic heterocycles. The molecule has 0 amide bonds. The number of carbonyl (C=O) groups excluding carboxylic acids is 11. The Morgan fingerprint density at radius 3 is 1.24 bits per heavy atom. The van der Waals surface area contributed by atoms with Crippen molar-refractivity contribution < 1.29 is 262 Å². The Morgan fingerprint density at radius 1 is 0.348 bits per heavy atom. The third-order valence-electron chi connectivity index (χ3n) is 21.3. The maximum atomic E-state index is 15.9. The molecule has 704 valence electrons. The quantitative estimate of drug-likeness (QED) is 0.0294. The molecule has 53 heteroatoms. The van der Waals surface area contributed by atoms with Crippen molar-refractivity contribution >= 4 is 65.5 Å². The van der Waals surface area contributed by atoms with E-state index in [1.807, 2.05) is 0 Å². The molecule has 0 saturated carbocycles. The fourth-order valence-electron chi connectivity index (χ4n) is 14.7. The van der Waals surface area contributed by atoms with Crippen molar-refractivity contribution in [1.82, 2.24) is 0 Å². The zero-order chi connectivity index (χ0) is 98.3. The van der Waals surface area contributed by atoms with E-state index in [-0.39, 0.29) is 30.3 Å². The number of hydrogen-bond donors (Lipinski definition) is 28. The number of aliphatic hydroxyl groups is 3. The maximum Gasteiger partial charge on any atom is 0.342 e. The minimum absolute atomic E-state index is 0.00839. The van der Waals surface area contributed by atoms with Gasteiger partial charge >= 0.3 is 65.5 Å². The fourth-order valence-corrected chi connectivity index (χ4v) is 14.7. The van der Waals surface area contributed by atoms with Crippen LogP contribution in [0.4, 0.5) is 0 Å². The number of esters is 10. The van der Waals surface area contributed by atoms with Gasteiger partial charge in [0.15, 0.2) is 157 Å². The number of phenols is 25. The van der Waals surface area contributed by atoms with E-state index >= 15 is 24.0 Å². The molecule has 0 unspecified atom stereocenters. The van der Waals surface area contributed by atoms with Crippen LogP contribution in [0.2, 0.25) is 0 Å². The predicted molar refractivity (Wildman–Crippen MR) is 412 cm³/mol. The summed E-state index contributed by atoms with van der Waals surface area (Å²) >= 11 is 0. The molecule has 9 aromatic carbocycles. The van der Waals surface area contributed by atoms with Gasteiger partial charge < -0.3 is 209 Å². The largest absolute Gasteiger partial charge is 0.504 e. The molecular weight excluding hydrogens is 1830 g/mol. The minimum Gasteiger partial charge on any atom is -0.504 e. The molecule has 2 saturated heterocycles. The fraction of sp³-hybridized carbons (Fsp3) is 0.183. The Hall–Kier alpha value is -18.5. The van der Waals surface area contributed by atoms with E-state index in [1.54, 1.807) is 0 Å². The summed E-state index contributed by atoms with van der Waals surface area (Å²) in [6.07, 6.45) is -29.1. The Morgan fingerprint density at radius 2 is 0.741 bits per heavy atom. The number of phenolic OH excluding ortho intramolecular Hbond substituents is 25. The summed E-state index contributed by atoms with van der Waals surface area (Å²) in [6, 6.07) is 4.37. The van der Waals surface area contributed by atoms with E-state index in [1.165, 1.54) is 0 Å². The van der Waals surface area contributed by atoms with Gasteiger partial charge in [-0.2, -0.15) is 0 Å². The number of hydrogen-bond acceptors (Lipinski definition) is 53. The second-order valence-corrected chi connectivity index (χ2v) is 29.6. The van der Waals surface area contributed by atoms with Crippen molar-refractivity contribution in [2.75, 3.05) is 13.2 Å². The number of fused-ring (bicyclic) bond motifs is 4. The van der Waals surface area contributed by atoms with Gasteiger partial charge in [0.25, 0.3) is 5.79 Å². The normalized spacial score (nSPS) is 21.8. The Kier molecular flexibility index (Phi) is 22.4. The van der Waals surface area contributed by atoms with Crippen molar-refractivity contribution in [2.24, 2.45) is 0 Å². The molecule has 15 rings (SSSR count). The summed E-state index contributed by atoms with van der Waals surface area (Å²) in [6.45, 7) is -3.31. The highest BCUT2D eigenvalue weighted by Gasteiger charge is 2.71. The lowest BCUT2D eigenvalue weighted by molar-refractivity contribution is -0.339. The number of aromatic hydroxyl groups is 25. The van der Waals surface area contributed by atoms with Crippen LogP contribution in [0, 0.1) is 0 Å². The summed E-state index contributed by atoms with van der Waals surface area (Å²) < 4.78 is 80.0. The van der Waals surface area contributed by atoms with Crippen LogP contribution < -0.4 is 9.47 Å². The number of benzene rings is 9. The first kappa shape index (κ1) is 91.2. The molecule has 1 aliphatic carbocycles. The van der Waals surface area contributed by atoms with E-state index in [2.05, 4.69) is 0 Å². The third kappa shape index (κ3) is 15.5. The highest BCUT2D eigenvalue weighted by Crippen LogP contribution is 2.61. The lowest BCUT2D eigenvalue weighted by atomic mass is 9.70. The Balaban J connectivity index is 0.895. The second kappa shape index (κ2) is 33.2. The number of carbonyl (C=O) groups is 11. The van der Waals surface area contributed by atoms with Crippen LogP contribution in [-0.4, -0.2) is 295 Å². The highest BCUT2D eigenvalue weighted by molar-refractivity contribution is 6.11. The molecular formula is C82H58O53. The van der Waals surface area contributed by atoms with Crippen LogP contribution in [0.5, 0.6) is 161 Å². The molecule has 2 fully saturated rings. The molecule has 9 aromatic rings. The van der Waals surface area contributed by atoms with E-state index in [4.69, 9.17) is 66.3 Å². The molecule has 6 aliphatic rings. The van der Waals surface area contributed by atoms with Crippen molar-refractivity contribution in [2.45, 2.75) is 78.9 Å². The lowest BCUT2D eigenvalue weighted by Gasteiger charge is -2.49. The van der Waals surface area contributed by atoms with Gasteiger partial charge in [-0.05, 0) is 84.9 Å². The molecule has 12 atom stereocenters. The van der Waals surface area contributed by atoms with Gasteiger partial charge in [0.05, 0.1) is 56.0 Å². The topological polar surface area (TPSA) is 883 Å². The van der Waals surface area contributed by atoms with Crippen LogP contribution in [0.3, 0.4) is 0 Å². The van der Waals surface area contributed by atoms with Gasteiger partial charge in [0.2, 0.25) is 59.3 Å². The molecule has 28 N–H and O–H groups in total. The standard InChI is InChI=1S/C82H58O53/c83-28-1-18(2-29(84)49(28)98)69(109)122-16-42-61(127-70(110)19-3-30(85)50(99)31(86)4-19)65(129-71(111)20-5-32(87)51(100)33(88)6-20)67(79(124-42)133-72(112)21-7-34(89)52(101)35(90)8-21)132-78(118)27-14-39(94)55(104)59(108)60(27)126-63-46-24(12-40(95)56(63)105)74(114)123-17-43-62-66(130-75(115)23-11-38(93)54(103)58(107)45(23)46)68(80(125-43)134-73(113)22-9-36(91)53(102)37(92)10-22)131-76(116)25-13-41(96)57(106)64-47(25)48-26(77(117)128-62)15-44(97)82(121,135-64)81(48,119)120/h1-15,42-43,48,61-62,65-68,79-80,83-96,98-108,119-121H,16-17H2/t42-,43-,48+,61-,62-,65+,66+,67-,68-,79+,80+,82+/m1/s1. The second-order valence-electron chi connectivity index (χ2n) is 29.6. The van der Waals surface area contributed by atoms with Gasteiger partial charge in [0, 0.05) is 22.8 Å². The number of rotatable bonds is 15. The summed E-state index contributed by atoms with van der Waals surface area (Å²) in [5.74, 6) is -75.9. The monoisotopic (exact) mass is 1890 g/mol. The first-order chi connectivity index (χ1) is 63.4. The summed E-state index contributed by atoms with van der Waals surface area (Å²) in [5.41, 5.74) is -17.3. The third-order valence-corrected chi connectivity index (χ3v) is 21.3. The van der Waals surface area contributed by atoms with Crippen molar-refractivity contribution in [1.29, 1.82) is 0 Å². The molecule has 5 heterocycles. The Bertz CT molecular complexity index is 6630. The lowest BCUT2D eigenvalue weighted by Crippen LogP contribution is -2.70. The predicted octanol–water partition coefficient (Wildman–Crippen LogP) is 0.985. The molecule has 0 radical (unpaired) electrons. The summed E-state index contributed by atoms with van der Waals surface area (Å²) in [7, 11) is 0. The van der Waals surface area contributed by atoms with Crippen LogP contribution in [0.25, 0.3) is 11.1 Å². The Labute approximate surface area is 741 Å². The van der Waals surface area contributed by atoms with E-state index in [9.17, 15) is 172 Å². The molecule has 53 nitrogen and oxygen atoms in total. The molecule has 5 aliphatic heterocycles. The minimum atomic E-state index is -4.21. The van der Waals surface area contributed by atoms with Gasteiger partial charge in [0.1, 0.15) is 31.0 Å².